The molecule has 0 saturated carbocycles. The number of carbonyl (C=O) groups excluding carboxylic acids is 2. The number of nitrogen functional groups attached to an aromatic ring is 1. The number of rotatable bonds is 3. The third-order valence-electron chi connectivity index (χ3n) is 2.70. The second-order valence-corrected chi connectivity index (χ2v) is 4.48. The first kappa shape index (κ1) is 13.9. The molecule has 2 amide bonds. The Morgan fingerprint density at radius 3 is 2.30 bits per heavy atom. The monoisotopic (exact) mass is 289 g/mol. The van der Waals surface area contributed by atoms with E-state index in [4.69, 9.17) is 23.1 Å². The maximum absolute atomic E-state index is 12.1. The number of primary amides is 1. The first-order valence-corrected chi connectivity index (χ1v) is 6.12. The average molecular weight is 290 g/mol. The van der Waals surface area contributed by atoms with Crippen molar-refractivity contribution in [1.29, 1.82) is 0 Å². The van der Waals surface area contributed by atoms with Crippen molar-refractivity contribution in [3.8, 4) is 0 Å². The van der Waals surface area contributed by atoms with Crippen molar-refractivity contribution in [3.63, 3.8) is 0 Å². The Bertz CT molecular complexity index is 669. The summed E-state index contributed by atoms with van der Waals surface area (Å²) < 4.78 is 0. The second-order valence-electron chi connectivity index (χ2n) is 4.10. The van der Waals surface area contributed by atoms with Crippen molar-refractivity contribution in [1.82, 2.24) is 0 Å². The number of amides is 2. The van der Waals surface area contributed by atoms with E-state index < -0.39 is 5.91 Å². The molecular formula is C14H12ClN3O2. The maximum atomic E-state index is 12.1. The van der Waals surface area contributed by atoms with Crippen LogP contribution in [-0.2, 0) is 0 Å². The van der Waals surface area contributed by atoms with E-state index in [0.29, 0.717) is 16.9 Å². The van der Waals surface area contributed by atoms with Crippen LogP contribution < -0.4 is 16.8 Å². The molecule has 0 aliphatic rings. The van der Waals surface area contributed by atoms with E-state index in [-0.39, 0.29) is 16.5 Å². The van der Waals surface area contributed by atoms with Gasteiger partial charge in [-0.1, -0.05) is 17.7 Å². The minimum Gasteiger partial charge on any atom is -0.398 e. The smallest absolute Gasteiger partial charge is 0.257 e. The molecule has 0 aliphatic carbocycles. The number of hydrogen-bond acceptors (Lipinski definition) is 3. The molecule has 2 rings (SSSR count). The summed E-state index contributed by atoms with van der Waals surface area (Å²) in [5, 5.41) is 2.87. The van der Waals surface area contributed by atoms with Crippen LogP contribution in [0, 0.1) is 0 Å². The zero-order valence-electron chi connectivity index (χ0n) is 10.4. The van der Waals surface area contributed by atoms with Crippen LogP contribution in [0.3, 0.4) is 0 Å². The Labute approximate surface area is 120 Å². The summed E-state index contributed by atoms with van der Waals surface area (Å²) in [6, 6.07) is 11.0. The molecule has 5 N–H and O–H groups in total. The molecule has 20 heavy (non-hydrogen) atoms. The van der Waals surface area contributed by atoms with Crippen molar-refractivity contribution < 1.29 is 9.59 Å². The fourth-order valence-corrected chi connectivity index (χ4v) is 1.85. The minimum absolute atomic E-state index is 0.207. The van der Waals surface area contributed by atoms with Gasteiger partial charge in [0.2, 0.25) is 5.91 Å². The lowest BCUT2D eigenvalue weighted by atomic mass is 10.1. The lowest BCUT2D eigenvalue weighted by Gasteiger charge is -2.08. The topological polar surface area (TPSA) is 98.2 Å². The van der Waals surface area contributed by atoms with Crippen LogP contribution in [0.2, 0.25) is 5.02 Å². The lowest BCUT2D eigenvalue weighted by Crippen LogP contribution is -2.14. The van der Waals surface area contributed by atoms with Crippen LogP contribution in [0.15, 0.2) is 42.5 Å². The predicted octanol–water partition coefficient (Wildman–Crippen LogP) is 2.27. The largest absolute Gasteiger partial charge is 0.398 e. The van der Waals surface area contributed by atoms with Crippen molar-refractivity contribution in [2.24, 2.45) is 5.73 Å². The number of halogens is 1. The number of nitrogens with two attached hydrogens (primary N) is 2. The van der Waals surface area contributed by atoms with Gasteiger partial charge in [0.25, 0.3) is 5.91 Å². The first-order chi connectivity index (χ1) is 9.49. The molecule has 5 nitrogen and oxygen atoms in total. The van der Waals surface area contributed by atoms with Gasteiger partial charge in [0.1, 0.15) is 0 Å². The summed E-state index contributed by atoms with van der Waals surface area (Å²) in [6.07, 6.45) is 0. The van der Waals surface area contributed by atoms with Gasteiger partial charge in [-0.25, -0.2) is 0 Å². The summed E-state index contributed by atoms with van der Waals surface area (Å²) in [6.45, 7) is 0. The highest BCUT2D eigenvalue weighted by molar-refractivity contribution is 6.36. The van der Waals surface area contributed by atoms with Crippen molar-refractivity contribution in [2.75, 3.05) is 11.1 Å². The molecule has 0 heterocycles. The quantitative estimate of drug-likeness (QED) is 0.756. The molecule has 0 radical (unpaired) electrons. The molecule has 2 aromatic carbocycles. The van der Waals surface area contributed by atoms with Crippen LogP contribution in [0.25, 0.3) is 0 Å². The van der Waals surface area contributed by atoms with Gasteiger partial charge in [-0.2, -0.15) is 0 Å². The molecule has 2 aromatic rings. The number of nitrogens with one attached hydrogen (secondary N) is 1. The van der Waals surface area contributed by atoms with Gasteiger partial charge in [0.05, 0.1) is 16.3 Å². The number of anilines is 2. The maximum Gasteiger partial charge on any atom is 0.257 e. The fourth-order valence-electron chi connectivity index (χ4n) is 1.64. The highest BCUT2D eigenvalue weighted by atomic mass is 35.5. The summed E-state index contributed by atoms with van der Waals surface area (Å²) >= 11 is 5.97. The Hall–Kier alpha value is -2.53. The SMILES string of the molecule is NC(=O)c1ccc(NC(=O)c2cccc(N)c2Cl)cc1. The van der Waals surface area contributed by atoms with E-state index in [0.717, 1.165) is 0 Å². The highest BCUT2D eigenvalue weighted by Crippen LogP contribution is 2.24. The van der Waals surface area contributed by atoms with Crippen LogP contribution in [0.4, 0.5) is 11.4 Å². The summed E-state index contributed by atoms with van der Waals surface area (Å²) in [5.41, 5.74) is 12.3. The lowest BCUT2D eigenvalue weighted by molar-refractivity contribution is 0.0998. The van der Waals surface area contributed by atoms with Gasteiger partial charge in [0.15, 0.2) is 0 Å². The van der Waals surface area contributed by atoms with E-state index in [2.05, 4.69) is 5.32 Å². The minimum atomic E-state index is -0.526. The van der Waals surface area contributed by atoms with E-state index in [1.54, 1.807) is 30.3 Å². The van der Waals surface area contributed by atoms with Gasteiger partial charge in [-0.05, 0) is 36.4 Å². The van der Waals surface area contributed by atoms with Gasteiger partial charge in [-0.3, -0.25) is 9.59 Å². The second kappa shape index (κ2) is 5.63. The number of hydrogen-bond donors (Lipinski definition) is 3. The molecule has 0 atom stereocenters. The predicted molar refractivity (Wildman–Crippen MR) is 78.8 cm³/mol. The molecule has 0 aliphatic heterocycles. The Morgan fingerprint density at radius 2 is 1.70 bits per heavy atom. The van der Waals surface area contributed by atoms with Crippen LogP contribution in [-0.4, -0.2) is 11.8 Å². The summed E-state index contributed by atoms with van der Waals surface area (Å²) in [5.74, 6) is -0.907. The normalized spacial score (nSPS) is 10.1. The fraction of sp³-hybridized carbons (Fsp3) is 0. The molecular weight excluding hydrogens is 278 g/mol. The van der Waals surface area contributed by atoms with Crippen LogP contribution >= 0.6 is 11.6 Å². The van der Waals surface area contributed by atoms with Gasteiger partial charge in [-0.15, -0.1) is 0 Å². The number of carbonyl (C=O) groups is 2. The molecule has 6 heteroatoms. The zero-order chi connectivity index (χ0) is 14.7. The van der Waals surface area contributed by atoms with Crippen LogP contribution in [0.1, 0.15) is 20.7 Å². The Balaban J connectivity index is 2.19. The van der Waals surface area contributed by atoms with Crippen molar-refractivity contribution >= 4 is 34.8 Å². The molecule has 0 spiro atoms. The zero-order valence-corrected chi connectivity index (χ0v) is 11.1. The molecule has 0 aromatic heterocycles. The third kappa shape index (κ3) is 2.89. The van der Waals surface area contributed by atoms with Gasteiger partial charge in [0, 0.05) is 11.3 Å². The van der Waals surface area contributed by atoms with E-state index in [9.17, 15) is 9.59 Å². The van der Waals surface area contributed by atoms with Gasteiger partial charge >= 0.3 is 0 Å². The van der Waals surface area contributed by atoms with E-state index in [1.165, 1.54) is 12.1 Å². The molecule has 0 saturated heterocycles. The summed E-state index contributed by atoms with van der Waals surface area (Å²) in [7, 11) is 0. The standard InChI is InChI=1S/C14H12ClN3O2/c15-12-10(2-1-3-11(12)16)14(20)18-9-6-4-8(5-7-9)13(17)19/h1-7H,16H2,(H2,17,19)(H,18,20). The Morgan fingerprint density at radius 1 is 1.05 bits per heavy atom. The number of benzene rings is 2. The van der Waals surface area contributed by atoms with E-state index >= 15 is 0 Å². The van der Waals surface area contributed by atoms with Crippen molar-refractivity contribution in [2.45, 2.75) is 0 Å². The average Bonchev–Trinajstić information content (AvgIpc) is 2.42. The molecule has 0 bridgehead atoms. The van der Waals surface area contributed by atoms with Gasteiger partial charge < -0.3 is 16.8 Å². The van der Waals surface area contributed by atoms with Crippen LogP contribution in [0.5, 0.6) is 0 Å². The first-order valence-electron chi connectivity index (χ1n) is 5.74. The highest BCUT2D eigenvalue weighted by Gasteiger charge is 2.12. The molecule has 102 valence electrons. The van der Waals surface area contributed by atoms with E-state index in [1.807, 2.05) is 0 Å². The van der Waals surface area contributed by atoms with Crippen molar-refractivity contribution in [3.05, 3.63) is 58.6 Å². The third-order valence-corrected chi connectivity index (χ3v) is 3.12. The molecule has 0 fully saturated rings. The molecule has 0 unspecified atom stereocenters. The Kier molecular flexibility index (Phi) is 3.91. The summed E-state index contributed by atoms with van der Waals surface area (Å²) in [4.78, 5) is 23.0.